The quantitative estimate of drug-likeness (QED) is 0.858. The van der Waals surface area contributed by atoms with Crippen molar-refractivity contribution in [1.82, 2.24) is 9.55 Å². The molecule has 3 rings (SSSR count). The van der Waals surface area contributed by atoms with Crippen LogP contribution in [-0.2, 0) is 10.3 Å². The zero-order chi connectivity index (χ0) is 18.2. The minimum absolute atomic E-state index is 0.0881. The molecule has 0 saturated heterocycles. The van der Waals surface area contributed by atoms with Crippen LogP contribution in [0.3, 0.4) is 0 Å². The zero-order valence-corrected chi connectivity index (χ0v) is 14.9. The van der Waals surface area contributed by atoms with Crippen LogP contribution in [0.4, 0.5) is 4.79 Å². The number of para-hydroxylation sites is 1. The van der Waals surface area contributed by atoms with Crippen LogP contribution in [-0.4, -0.2) is 26.4 Å². The van der Waals surface area contributed by atoms with Gasteiger partial charge < -0.3 is 9.84 Å². The van der Waals surface area contributed by atoms with E-state index >= 15 is 0 Å². The molecular weight excluding hydrogens is 320 g/mol. The number of nitrogens with zero attached hydrogens (tertiary/aromatic N) is 2. The van der Waals surface area contributed by atoms with Crippen LogP contribution in [0.15, 0.2) is 29.1 Å². The third-order valence-electron chi connectivity index (χ3n) is 4.45. The number of hydrogen-bond donors (Lipinski definition) is 1. The van der Waals surface area contributed by atoms with E-state index in [1.54, 1.807) is 45.0 Å². The molecule has 1 aliphatic rings. The van der Waals surface area contributed by atoms with E-state index in [1.807, 2.05) is 0 Å². The number of hydrogen-bond acceptors (Lipinski definition) is 5. The predicted octanol–water partition coefficient (Wildman–Crippen LogP) is 3.33. The van der Waals surface area contributed by atoms with Crippen molar-refractivity contribution in [3.8, 4) is 0 Å². The molecule has 134 valence electrons. The van der Waals surface area contributed by atoms with Crippen molar-refractivity contribution in [2.24, 2.45) is 0 Å². The number of fused-ring (bicyclic) bond motifs is 1. The van der Waals surface area contributed by atoms with Gasteiger partial charge in [0.1, 0.15) is 11.2 Å². The van der Waals surface area contributed by atoms with E-state index in [2.05, 4.69) is 4.98 Å². The molecule has 1 N–H and O–H groups in total. The molecule has 6 nitrogen and oxygen atoms in total. The standard InChI is InChI=1S/C19H24N2O4/c1-18(2,3)25-17(23)21-15(22)13-9-5-6-10-14(13)20-16(21)19(24)11-7-4-8-12-19/h5-6,9-10,24H,4,7-8,11-12H2,1-3H3. The lowest BCUT2D eigenvalue weighted by molar-refractivity contribution is -0.0150. The van der Waals surface area contributed by atoms with E-state index in [9.17, 15) is 14.7 Å². The molecule has 6 heteroatoms. The van der Waals surface area contributed by atoms with Gasteiger partial charge in [-0.1, -0.05) is 31.4 Å². The summed E-state index contributed by atoms with van der Waals surface area (Å²) < 4.78 is 6.32. The third kappa shape index (κ3) is 3.44. The lowest BCUT2D eigenvalue weighted by Gasteiger charge is -2.33. The minimum atomic E-state index is -1.29. The summed E-state index contributed by atoms with van der Waals surface area (Å²) in [5, 5.41) is 11.5. The summed E-state index contributed by atoms with van der Waals surface area (Å²) in [5.41, 5.74) is -2.08. The number of carbonyl (C=O) groups is 1. The summed E-state index contributed by atoms with van der Waals surface area (Å²) in [7, 11) is 0. The Morgan fingerprint density at radius 1 is 1.20 bits per heavy atom. The van der Waals surface area contributed by atoms with Gasteiger partial charge in [0.2, 0.25) is 0 Å². The molecule has 1 aromatic heterocycles. The van der Waals surface area contributed by atoms with Crippen LogP contribution in [0.25, 0.3) is 10.9 Å². The molecule has 1 aromatic carbocycles. The van der Waals surface area contributed by atoms with E-state index in [1.165, 1.54) is 0 Å². The predicted molar refractivity (Wildman–Crippen MR) is 94.6 cm³/mol. The maximum atomic E-state index is 13.0. The number of aromatic nitrogens is 2. The van der Waals surface area contributed by atoms with Gasteiger partial charge in [0.05, 0.1) is 10.9 Å². The normalized spacial score (nSPS) is 17.4. The summed E-state index contributed by atoms with van der Waals surface area (Å²) in [6.45, 7) is 5.21. The van der Waals surface area contributed by atoms with Gasteiger partial charge in [0.15, 0.2) is 5.82 Å². The molecule has 0 spiro atoms. The maximum Gasteiger partial charge on any atom is 0.423 e. The Bertz CT molecular complexity index is 858. The molecule has 0 bridgehead atoms. The summed E-state index contributed by atoms with van der Waals surface area (Å²) in [5.74, 6) is 0.0881. The Morgan fingerprint density at radius 2 is 1.84 bits per heavy atom. The molecule has 1 fully saturated rings. The summed E-state index contributed by atoms with van der Waals surface area (Å²) in [4.78, 5) is 30.2. The highest BCUT2D eigenvalue weighted by molar-refractivity contribution is 5.81. The van der Waals surface area contributed by atoms with Crippen molar-refractivity contribution in [1.29, 1.82) is 0 Å². The third-order valence-corrected chi connectivity index (χ3v) is 4.45. The molecular formula is C19H24N2O4. The maximum absolute atomic E-state index is 13.0. The zero-order valence-electron chi connectivity index (χ0n) is 14.9. The number of aliphatic hydroxyl groups is 1. The summed E-state index contributed by atoms with van der Waals surface area (Å²) >= 11 is 0. The van der Waals surface area contributed by atoms with Crippen molar-refractivity contribution < 1.29 is 14.6 Å². The highest BCUT2D eigenvalue weighted by atomic mass is 16.6. The smallest absolute Gasteiger partial charge is 0.423 e. The van der Waals surface area contributed by atoms with Crippen molar-refractivity contribution >= 4 is 17.0 Å². The van der Waals surface area contributed by atoms with Crippen molar-refractivity contribution in [3.05, 3.63) is 40.4 Å². The van der Waals surface area contributed by atoms with Crippen LogP contribution in [0.2, 0.25) is 0 Å². The Kier molecular flexibility index (Phi) is 4.41. The van der Waals surface area contributed by atoms with Crippen LogP contribution in [0.5, 0.6) is 0 Å². The van der Waals surface area contributed by atoms with Crippen LogP contribution in [0, 0.1) is 0 Å². The van der Waals surface area contributed by atoms with E-state index in [4.69, 9.17) is 4.74 Å². The highest BCUT2D eigenvalue weighted by Crippen LogP contribution is 2.36. The van der Waals surface area contributed by atoms with E-state index in [-0.39, 0.29) is 5.82 Å². The second-order valence-electron chi connectivity index (χ2n) is 7.67. The Labute approximate surface area is 146 Å². The Balaban J connectivity index is 2.24. The molecule has 2 aromatic rings. The van der Waals surface area contributed by atoms with Crippen molar-refractivity contribution in [2.75, 3.05) is 0 Å². The van der Waals surface area contributed by atoms with Gasteiger partial charge in [-0.3, -0.25) is 4.79 Å². The van der Waals surface area contributed by atoms with Crippen molar-refractivity contribution in [3.63, 3.8) is 0 Å². The van der Waals surface area contributed by atoms with Gasteiger partial charge in [0.25, 0.3) is 5.56 Å². The lowest BCUT2D eigenvalue weighted by atomic mass is 9.84. The molecule has 0 radical (unpaired) electrons. The summed E-state index contributed by atoms with van der Waals surface area (Å²) in [6, 6.07) is 6.84. The second kappa shape index (κ2) is 6.26. The van der Waals surface area contributed by atoms with Crippen LogP contribution in [0.1, 0.15) is 58.7 Å². The molecule has 1 aliphatic carbocycles. The molecule has 0 atom stereocenters. The first kappa shape index (κ1) is 17.6. The van der Waals surface area contributed by atoms with Gasteiger partial charge >= 0.3 is 6.09 Å². The molecule has 25 heavy (non-hydrogen) atoms. The van der Waals surface area contributed by atoms with Gasteiger partial charge in [-0.05, 0) is 45.7 Å². The first-order chi connectivity index (χ1) is 11.7. The SMILES string of the molecule is CC(C)(C)OC(=O)n1c(C2(O)CCCCC2)nc2ccccc2c1=O. The molecule has 0 amide bonds. The topological polar surface area (TPSA) is 81.4 Å². The average molecular weight is 344 g/mol. The molecule has 1 saturated carbocycles. The highest BCUT2D eigenvalue weighted by Gasteiger charge is 2.38. The van der Waals surface area contributed by atoms with Gasteiger partial charge in [-0.15, -0.1) is 0 Å². The average Bonchev–Trinajstić information content (AvgIpc) is 2.53. The van der Waals surface area contributed by atoms with E-state index in [0.717, 1.165) is 23.8 Å². The van der Waals surface area contributed by atoms with Gasteiger partial charge in [-0.25, -0.2) is 9.78 Å². The fraction of sp³-hybridized carbons (Fsp3) is 0.526. The first-order valence-electron chi connectivity index (χ1n) is 8.69. The largest absolute Gasteiger partial charge is 0.443 e. The summed E-state index contributed by atoms with van der Waals surface area (Å²) in [6.07, 6.45) is 2.82. The first-order valence-corrected chi connectivity index (χ1v) is 8.69. The Morgan fingerprint density at radius 3 is 2.48 bits per heavy atom. The number of carbonyl (C=O) groups excluding carboxylic acids is 1. The Hall–Kier alpha value is -2.21. The number of rotatable bonds is 1. The second-order valence-corrected chi connectivity index (χ2v) is 7.67. The van der Waals surface area contributed by atoms with Crippen LogP contribution < -0.4 is 5.56 Å². The van der Waals surface area contributed by atoms with Gasteiger partial charge in [-0.2, -0.15) is 4.57 Å². The molecule has 1 heterocycles. The monoisotopic (exact) mass is 344 g/mol. The van der Waals surface area contributed by atoms with E-state index in [0.29, 0.717) is 23.7 Å². The fourth-order valence-corrected chi connectivity index (χ4v) is 3.28. The van der Waals surface area contributed by atoms with Gasteiger partial charge in [0, 0.05) is 0 Å². The number of benzene rings is 1. The fourth-order valence-electron chi connectivity index (χ4n) is 3.28. The lowest BCUT2D eigenvalue weighted by Crippen LogP contribution is -2.42. The van der Waals surface area contributed by atoms with Crippen LogP contribution >= 0.6 is 0 Å². The minimum Gasteiger partial charge on any atom is -0.443 e. The molecule has 0 unspecified atom stereocenters. The molecule has 0 aliphatic heterocycles. The number of ether oxygens (including phenoxy) is 1. The van der Waals surface area contributed by atoms with Crippen molar-refractivity contribution in [2.45, 2.75) is 64.1 Å². The van der Waals surface area contributed by atoms with E-state index < -0.39 is 22.9 Å².